The lowest BCUT2D eigenvalue weighted by atomic mass is 10.1. The number of amides is 1. The van der Waals surface area contributed by atoms with Crippen molar-refractivity contribution in [3.8, 4) is 11.5 Å². The van der Waals surface area contributed by atoms with Gasteiger partial charge in [0.1, 0.15) is 16.0 Å². The van der Waals surface area contributed by atoms with Crippen molar-refractivity contribution in [2.45, 2.75) is 19.4 Å². The summed E-state index contributed by atoms with van der Waals surface area (Å²) in [4.78, 5) is 12.0. The standard InChI is InChI=1S/C13H18BrNO4/c1-4-9(16)7-15-13(17)8-5-10(18-2)12(14)11(6-8)19-3/h5-6,9,16H,4,7H2,1-3H3,(H,15,17). The molecule has 5 nitrogen and oxygen atoms in total. The minimum absolute atomic E-state index is 0.218. The summed E-state index contributed by atoms with van der Waals surface area (Å²) < 4.78 is 11.0. The van der Waals surface area contributed by atoms with Gasteiger partial charge >= 0.3 is 0 Å². The highest BCUT2D eigenvalue weighted by molar-refractivity contribution is 9.10. The van der Waals surface area contributed by atoms with E-state index < -0.39 is 6.10 Å². The summed E-state index contributed by atoms with van der Waals surface area (Å²) in [5.74, 6) is 0.748. The second kappa shape index (κ2) is 7.35. The maximum absolute atomic E-state index is 12.0. The van der Waals surface area contributed by atoms with Crippen LogP contribution in [-0.2, 0) is 0 Å². The van der Waals surface area contributed by atoms with Crippen molar-refractivity contribution in [3.63, 3.8) is 0 Å². The molecule has 0 aliphatic carbocycles. The summed E-state index contributed by atoms with van der Waals surface area (Å²) >= 11 is 3.34. The minimum Gasteiger partial charge on any atom is -0.495 e. The highest BCUT2D eigenvalue weighted by Gasteiger charge is 2.15. The molecule has 0 heterocycles. The fourth-order valence-corrected chi connectivity index (χ4v) is 2.01. The zero-order valence-corrected chi connectivity index (χ0v) is 12.8. The van der Waals surface area contributed by atoms with Crippen LogP contribution in [0.2, 0.25) is 0 Å². The number of benzene rings is 1. The molecule has 0 aliphatic heterocycles. The number of hydrogen-bond acceptors (Lipinski definition) is 4. The molecule has 0 radical (unpaired) electrons. The van der Waals surface area contributed by atoms with Crippen LogP contribution in [0, 0.1) is 0 Å². The van der Waals surface area contributed by atoms with E-state index in [1.54, 1.807) is 12.1 Å². The van der Waals surface area contributed by atoms with Gasteiger partial charge in [-0.2, -0.15) is 0 Å². The molecule has 1 rings (SSSR count). The second-order valence-electron chi connectivity index (χ2n) is 3.97. The summed E-state index contributed by atoms with van der Waals surface area (Å²) in [7, 11) is 3.03. The van der Waals surface area contributed by atoms with Crippen LogP contribution in [0.15, 0.2) is 16.6 Å². The summed E-state index contributed by atoms with van der Waals surface area (Å²) in [5.41, 5.74) is 0.417. The molecule has 0 aromatic heterocycles. The number of nitrogens with one attached hydrogen (secondary N) is 1. The van der Waals surface area contributed by atoms with E-state index in [0.717, 1.165) is 0 Å². The number of aliphatic hydroxyl groups excluding tert-OH is 1. The predicted molar refractivity (Wildman–Crippen MR) is 75.9 cm³/mol. The van der Waals surface area contributed by atoms with Gasteiger partial charge in [-0.3, -0.25) is 4.79 Å². The Morgan fingerprint density at radius 3 is 2.32 bits per heavy atom. The smallest absolute Gasteiger partial charge is 0.251 e. The van der Waals surface area contributed by atoms with E-state index in [1.807, 2.05) is 6.92 Å². The molecule has 6 heteroatoms. The first-order valence-corrected chi connectivity index (χ1v) is 6.70. The van der Waals surface area contributed by atoms with Crippen LogP contribution in [0.4, 0.5) is 0 Å². The first-order chi connectivity index (χ1) is 9.03. The molecule has 19 heavy (non-hydrogen) atoms. The van der Waals surface area contributed by atoms with Gasteiger partial charge in [0.15, 0.2) is 0 Å². The third-order valence-electron chi connectivity index (χ3n) is 2.68. The molecular formula is C13H18BrNO4. The van der Waals surface area contributed by atoms with Gasteiger partial charge in [-0.15, -0.1) is 0 Å². The van der Waals surface area contributed by atoms with E-state index in [2.05, 4.69) is 21.2 Å². The van der Waals surface area contributed by atoms with Crippen molar-refractivity contribution in [1.82, 2.24) is 5.32 Å². The van der Waals surface area contributed by atoms with Gasteiger partial charge < -0.3 is 19.9 Å². The van der Waals surface area contributed by atoms with Crippen molar-refractivity contribution in [2.24, 2.45) is 0 Å². The molecule has 1 aromatic carbocycles. The molecule has 0 saturated heterocycles. The quantitative estimate of drug-likeness (QED) is 0.836. The highest BCUT2D eigenvalue weighted by atomic mass is 79.9. The summed E-state index contributed by atoms with van der Waals surface area (Å²) in [6.07, 6.45) is 0.0518. The van der Waals surface area contributed by atoms with Crippen molar-refractivity contribution >= 4 is 21.8 Å². The van der Waals surface area contributed by atoms with Gasteiger partial charge in [0.25, 0.3) is 5.91 Å². The van der Waals surface area contributed by atoms with Gasteiger partial charge in [0, 0.05) is 12.1 Å². The second-order valence-corrected chi connectivity index (χ2v) is 4.76. The molecule has 0 fully saturated rings. The Morgan fingerprint density at radius 2 is 1.89 bits per heavy atom. The monoisotopic (exact) mass is 331 g/mol. The summed E-state index contributed by atoms with van der Waals surface area (Å²) in [6.45, 7) is 2.07. The number of hydrogen-bond donors (Lipinski definition) is 2. The SMILES string of the molecule is CCC(O)CNC(=O)c1cc(OC)c(Br)c(OC)c1. The van der Waals surface area contributed by atoms with Crippen molar-refractivity contribution in [2.75, 3.05) is 20.8 Å². The first kappa shape index (κ1) is 15.8. The van der Waals surface area contributed by atoms with E-state index >= 15 is 0 Å². The first-order valence-electron chi connectivity index (χ1n) is 5.91. The fourth-order valence-electron chi connectivity index (χ4n) is 1.46. The molecule has 0 spiro atoms. The Bertz CT molecular complexity index is 425. The maximum Gasteiger partial charge on any atom is 0.251 e. The van der Waals surface area contributed by atoms with Crippen LogP contribution < -0.4 is 14.8 Å². The third kappa shape index (κ3) is 4.11. The number of aliphatic hydroxyl groups is 1. The van der Waals surface area contributed by atoms with Crippen LogP contribution in [0.3, 0.4) is 0 Å². The lowest BCUT2D eigenvalue weighted by molar-refractivity contribution is 0.0913. The van der Waals surface area contributed by atoms with Crippen LogP contribution in [0.25, 0.3) is 0 Å². The number of halogens is 1. The molecule has 2 N–H and O–H groups in total. The number of ether oxygens (including phenoxy) is 2. The molecule has 1 amide bonds. The number of methoxy groups -OCH3 is 2. The van der Waals surface area contributed by atoms with Crippen molar-refractivity contribution in [3.05, 3.63) is 22.2 Å². The third-order valence-corrected chi connectivity index (χ3v) is 3.46. The average molecular weight is 332 g/mol. The van der Waals surface area contributed by atoms with Crippen LogP contribution in [0.5, 0.6) is 11.5 Å². The van der Waals surface area contributed by atoms with Gasteiger partial charge in [-0.25, -0.2) is 0 Å². The minimum atomic E-state index is -0.539. The van der Waals surface area contributed by atoms with E-state index in [1.165, 1.54) is 14.2 Å². The van der Waals surface area contributed by atoms with Crippen molar-refractivity contribution < 1.29 is 19.4 Å². The summed E-state index contributed by atoms with van der Waals surface area (Å²) in [6, 6.07) is 3.22. The molecule has 106 valence electrons. The Kier molecular flexibility index (Phi) is 6.11. The number of carbonyl (C=O) groups is 1. The zero-order chi connectivity index (χ0) is 14.4. The van der Waals surface area contributed by atoms with E-state index in [0.29, 0.717) is 28.0 Å². The van der Waals surface area contributed by atoms with Gasteiger partial charge in [0.05, 0.1) is 20.3 Å². The topological polar surface area (TPSA) is 67.8 Å². The van der Waals surface area contributed by atoms with E-state index in [9.17, 15) is 9.90 Å². The maximum atomic E-state index is 12.0. The molecule has 1 unspecified atom stereocenters. The van der Waals surface area contributed by atoms with E-state index in [-0.39, 0.29) is 12.5 Å². The predicted octanol–water partition coefficient (Wildman–Crippen LogP) is 1.97. The largest absolute Gasteiger partial charge is 0.495 e. The Hall–Kier alpha value is -1.27. The molecule has 1 atom stereocenters. The molecule has 0 aliphatic rings. The molecule has 0 saturated carbocycles. The van der Waals surface area contributed by atoms with Crippen LogP contribution in [-0.4, -0.2) is 37.9 Å². The van der Waals surface area contributed by atoms with Gasteiger partial charge in [-0.1, -0.05) is 6.92 Å². The molecule has 0 bridgehead atoms. The normalized spacial score (nSPS) is 11.8. The number of rotatable bonds is 6. The average Bonchev–Trinajstić information content (AvgIpc) is 2.44. The highest BCUT2D eigenvalue weighted by Crippen LogP contribution is 2.35. The fraction of sp³-hybridized carbons (Fsp3) is 0.462. The molecular weight excluding hydrogens is 314 g/mol. The lowest BCUT2D eigenvalue weighted by Crippen LogP contribution is -2.31. The van der Waals surface area contributed by atoms with Gasteiger partial charge in [0.2, 0.25) is 0 Å². The zero-order valence-electron chi connectivity index (χ0n) is 11.2. The Morgan fingerprint density at radius 1 is 1.37 bits per heavy atom. The van der Waals surface area contributed by atoms with Crippen molar-refractivity contribution in [1.29, 1.82) is 0 Å². The van der Waals surface area contributed by atoms with Gasteiger partial charge in [-0.05, 0) is 34.5 Å². The Labute approximate surface area is 121 Å². The van der Waals surface area contributed by atoms with Crippen LogP contribution in [0.1, 0.15) is 23.7 Å². The Balaban J connectivity index is 2.91. The summed E-state index contributed by atoms with van der Waals surface area (Å²) in [5, 5.41) is 12.1. The van der Waals surface area contributed by atoms with Crippen LogP contribution >= 0.6 is 15.9 Å². The number of carbonyl (C=O) groups excluding carboxylic acids is 1. The van der Waals surface area contributed by atoms with E-state index in [4.69, 9.17) is 9.47 Å². The lowest BCUT2D eigenvalue weighted by Gasteiger charge is -2.13. The molecule has 1 aromatic rings.